The molecule has 106 valence electrons. The van der Waals surface area contributed by atoms with Crippen molar-refractivity contribution in [2.24, 2.45) is 0 Å². The predicted octanol–water partition coefficient (Wildman–Crippen LogP) is 4.29. The van der Waals surface area contributed by atoms with E-state index >= 15 is 0 Å². The van der Waals surface area contributed by atoms with Crippen molar-refractivity contribution in [2.75, 3.05) is 0 Å². The van der Waals surface area contributed by atoms with Gasteiger partial charge in [-0.05, 0) is 55.9 Å². The Labute approximate surface area is 126 Å². The fourth-order valence-corrected chi connectivity index (χ4v) is 3.68. The molecule has 1 fully saturated rings. The normalized spacial score (nSPS) is 21.4. The van der Waals surface area contributed by atoms with Gasteiger partial charge >= 0.3 is 5.97 Å². The van der Waals surface area contributed by atoms with E-state index in [-0.39, 0.29) is 5.76 Å². The first-order valence-corrected chi connectivity index (χ1v) is 7.76. The van der Waals surface area contributed by atoms with E-state index in [1.807, 2.05) is 25.1 Å². The summed E-state index contributed by atoms with van der Waals surface area (Å²) >= 11 is 3.41. The average Bonchev–Trinajstić information content (AvgIpc) is 2.63. The van der Waals surface area contributed by atoms with E-state index in [9.17, 15) is 9.90 Å². The van der Waals surface area contributed by atoms with Crippen molar-refractivity contribution in [3.05, 3.63) is 39.6 Å². The van der Waals surface area contributed by atoms with Crippen molar-refractivity contribution in [1.82, 2.24) is 0 Å². The molecule has 3 rings (SSSR count). The van der Waals surface area contributed by atoms with Crippen LogP contribution in [0, 0.1) is 6.92 Å². The Bertz CT molecular complexity index is 598. The maximum absolute atomic E-state index is 12.2. The molecule has 20 heavy (non-hydrogen) atoms. The first-order valence-electron chi connectivity index (χ1n) is 6.97. The van der Waals surface area contributed by atoms with Crippen molar-refractivity contribution in [3.63, 3.8) is 0 Å². The van der Waals surface area contributed by atoms with Gasteiger partial charge in [-0.3, -0.25) is 0 Å². The fraction of sp³-hybridized carbons (Fsp3) is 0.438. The number of ether oxygens (including phenoxy) is 1. The lowest BCUT2D eigenvalue weighted by Crippen LogP contribution is -2.34. The highest BCUT2D eigenvalue weighted by Gasteiger charge is 2.49. The number of carbonyl (C=O) groups is 1. The minimum absolute atomic E-state index is 0.132. The number of carbonyl (C=O) groups excluding carboxylic acids is 1. The Kier molecular flexibility index (Phi) is 3.36. The van der Waals surface area contributed by atoms with Crippen molar-refractivity contribution in [2.45, 2.75) is 44.6 Å². The third-order valence-corrected chi connectivity index (χ3v) is 4.77. The van der Waals surface area contributed by atoms with Crippen LogP contribution in [-0.2, 0) is 9.53 Å². The van der Waals surface area contributed by atoms with Gasteiger partial charge in [0.1, 0.15) is 5.57 Å². The van der Waals surface area contributed by atoms with E-state index in [1.165, 1.54) is 0 Å². The minimum Gasteiger partial charge on any atom is -0.507 e. The molecule has 1 saturated carbocycles. The Morgan fingerprint density at radius 1 is 1.25 bits per heavy atom. The summed E-state index contributed by atoms with van der Waals surface area (Å²) in [6.45, 7) is 1.93. The molecule has 0 atom stereocenters. The monoisotopic (exact) mass is 336 g/mol. The Morgan fingerprint density at radius 3 is 2.60 bits per heavy atom. The summed E-state index contributed by atoms with van der Waals surface area (Å²) in [5.41, 5.74) is 1.30. The van der Waals surface area contributed by atoms with Crippen LogP contribution in [0.2, 0.25) is 0 Å². The number of halogens is 1. The molecule has 4 heteroatoms. The van der Waals surface area contributed by atoms with E-state index in [2.05, 4.69) is 15.9 Å². The standard InChI is InChI=1S/C16H17BrO3/c1-10-9-11(17)5-6-12(10)13-14(18)16(20-15(13)19)7-3-2-4-8-16/h5-6,9,18H,2-4,7-8H2,1H3. The van der Waals surface area contributed by atoms with Gasteiger partial charge in [-0.15, -0.1) is 0 Å². The van der Waals surface area contributed by atoms with Gasteiger partial charge in [0.25, 0.3) is 0 Å². The number of esters is 1. The molecule has 1 spiro atoms. The van der Waals surface area contributed by atoms with Gasteiger partial charge in [0, 0.05) is 4.47 Å². The summed E-state index contributed by atoms with van der Waals surface area (Å²) in [7, 11) is 0. The van der Waals surface area contributed by atoms with Gasteiger partial charge in [-0.2, -0.15) is 0 Å². The van der Waals surface area contributed by atoms with Gasteiger partial charge in [-0.25, -0.2) is 4.79 Å². The molecule has 2 aliphatic rings. The second-order valence-electron chi connectivity index (χ2n) is 5.63. The zero-order valence-corrected chi connectivity index (χ0v) is 13.0. The van der Waals surface area contributed by atoms with E-state index in [1.54, 1.807) is 0 Å². The SMILES string of the molecule is Cc1cc(Br)ccc1C1=C(O)C2(CCCCC2)OC1=O. The number of rotatable bonds is 1. The van der Waals surface area contributed by atoms with Crippen LogP contribution in [0.1, 0.15) is 43.2 Å². The number of aliphatic hydroxyl groups excluding tert-OH is 1. The molecule has 0 unspecified atom stereocenters. The summed E-state index contributed by atoms with van der Waals surface area (Å²) in [6.07, 6.45) is 4.57. The van der Waals surface area contributed by atoms with Crippen LogP contribution in [0.25, 0.3) is 5.57 Å². The molecule has 3 nitrogen and oxygen atoms in total. The maximum Gasteiger partial charge on any atom is 0.343 e. The number of hydrogen-bond donors (Lipinski definition) is 1. The van der Waals surface area contributed by atoms with Crippen LogP contribution >= 0.6 is 15.9 Å². The van der Waals surface area contributed by atoms with E-state index < -0.39 is 11.6 Å². The fourth-order valence-electron chi connectivity index (χ4n) is 3.21. The average molecular weight is 337 g/mol. The molecule has 1 aliphatic carbocycles. The lowest BCUT2D eigenvalue weighted by atomic mass is 9.82. The first kappa shape index (κ1) is 13.7. The highest BCUT2D eigenvalue weighted by Crippen LogP contribution is 2.45. The molecular formula is C16H17BrO3. The number of benzene rings is 1. The lowest BCUT2D eigenvalue weighted by molar-refractivity contribution is -0.149. The first-order chi connectivity index (χ1) is 9.53. The van der Waals surface area contributed by atoms with E-state index in [4.69, 9.17) is 4.74 Å². The molecular weight excluding hydrogens is 320 g/mol. The third kappa shape index (κ3) is 2.06. The molecule has 1 aromatic carbocycles. The molecule has 0 amide bonds. The second kappa shape index (κ2) is 4.92. The second-order valence-corrected chi connectivity index (χ2v) is 6.54. The lowest BCUT2D eigenvalue weighted by Gasteiger charge is -2.31. The highest BCUT2D eigenvalue weighted by molar-refractivity contribution is 9.10. The molecule has 1 aliphatic heterocycles. The van der Waals surface area contributed by atoms with Crippen molar-refractivity contribution >= 4 is 27.5 Å². The molecule has 1 heterocycles. The van der Waals surface area contributed by atoms with Crippen LogP contribution in [0.15, 0.2) is 28.4 Å². The Morgan fingerprint density at radius 2 is 1.95 bits per heavy atom. The predicted molar refractivity (Wildman–Crippen MR) is 80.3 cm³/mol. The van der Waals surface area contributed by atoms with Crippen LogP contribution in [0.4, 0.5) is 0 Å². The van der Waals surface area contributed by atoms with Crippen molar-refractivity contribution in [1.29, 1.82) is 0 Å². The van der Waals surface area contributed by atoms with Crippen molar-refractivity contribution in [3.8, 4) is 0 Å². The van der Waals surface area contributed by atoms with Crippen LogP contribution in [-0.4, -0.2) is 16.7 Å². The smallest absolute Gasteiger partial charge is 0.343 e. The minimum atomic E-state index is -0.760. The molecule has 1 aromatic rings. The van der Waals surface area contributed by atoms with Crippen LogP contribution < -0.4 is 0 Å². The third-order valence-electron chi connectivity index (χ3n) is 4.28. The summed E-state index contributed by atoms with van der Waals surface area (Å²) in [5.74, 6) is -0.262. The summed E-state index contributed by atoms with van der Waals surface area (Å²) in [6, 6.07) is 5.67. The van der Waals surface area contributed by atoms with Crippen LogP contribution in [0.3, 0.4) is 0 Å². The van der Waals surface area contributed by atoms with Crippen LogP contribution in [0.5, 0.6) is 0 Å². The molecule has 0 bridgehead atoms. The molecule has 0 saturated heterocycles. The zero-order chi connectivity index (χ0) is 14.3. The summed E-state index contributed by atoms with van der Waals surface area (Å²) in [4.78, 5) is 12.2. The van der Waals surface area contributed by atoms with Gasteiger partial charge in [0.05, 0.1) is 0 Å². The van der Waals surface area contributed by atoms with E-state index in [0.29, 0.717) is 5.57 Å². The van der Waals surface area contributed by atoms with Gasteiger partial charge < -0.3 is 9.84 Å². The van der Waals surface area contributed by atoms with Gasteiger partial charge in [0.15, 0.2) is 11.4 Å². The number of hydrogen-bond acceptors (Lipinski definition) is 3. The maximum atomic E-state index is 12.2. The van der Waals surface area contributed by atoms with Gasteiger partial charge in [-0.1, -0.05) is 28.4 Å². The molecule has 1 N–H and O–H groups in total. The largest absolute Gasteiger partial charge is 0.507 e. The van der Waals surface area contributed by atoms with E-state index in [0.717, 1.165) is 47.7 Å². The Hall–Kier alpha value is -1.29. The topological polar surface area (TPSA) is 46.5 Å². The van der Waals surface area contributed by atoms with Crippen molar-refractivity contribution < 1.29 is 14.6 Å². The number of aryl methyl sites for hydroxylation is 1. The number of aliphatic hydroxyl groups is 1. The zero-order valence-electron chi connectivity index (χ0n) is 11.4. The molecule has 0 radical (unpaired) electrons. The Balaban J connectivity index is 2.09. The van der Waals surface area contributed by atoms with Gasteiger partial charge in [0.2, 0.25) is 0 Å². The molecule has 0 aromatic heterocycles. The highest BCUT2D eigenvalue weighted by atomic mass is 79.9. The quantitative estimate of drug-likeness (QED) is 0.778. The summed E-state index contributed by atoms with van der Waals surface area (Å²) in [5, 5.41) is 10.6. The summed E-state index contributed by atoms with van der Waals surface area (Å²) < 4.78 is 6.54.